The normalized spacial score (nSPS) is 10.3. The molecule has 0 heterocycles. The second kappa shape index (κ2) is 6.62. The van der Waals surface area contributed by atoms with Gasteiger partial charge in [-0.05, 0) is 43.2 Å². The van der Waals surface area contributed by atoms with Crippen LogP contribution in [0.25, 0.3) is 0 Å². The van der Waals surface area contributed by atoms with E-state index in [0.29, 0.717) is 5.56 Å². The van der Waals surface area contributed by atoms with E-state index in [1.807, 2.05) is 36.0 Å². The average molecular weight is 286 g/mol. The molecule has 0 unspecified atom stereocenters. The summed E-state index contributed by atoms with van der Waals surface area (Å²) in [5, 5.41) is 0. The molecule has 0 radical (unpaired) electrons. The van der Waals surface area contributed by atoms with E-state index in [4.69, 9.17) is 4.74 Å². The third-order valence-electron chi connectivity index (χ3n) is 3.11. The number of hydrogen-bond acceptors (Lipinski definition) is 3. The van der Waals surface area contributed by atoms with Gasteiger partial charge in [0.25, 0.3) is 0 Å². The molecule has 0 saturated carbocycles. The molecule has 20 heavy (non-hydrogen) atoms. The number of methoxy groups -OCH3 is 1. The smallest absolute Gasteiger partial charge is 0.337 e. The Hall–Kier alpha value is -1.74. The van der Waals surface area contributed by atoms with Gasteiger partial charge < -0.3 is 4.74 Å². The van der Waals surface area contributed by atoms with E-state index in [-0.39, 0.29) is 5.97 Å². The molecule has 104 valence electrons. The molecule has 2 nitrogen and oxygen atoms in total. The van der Waals surface area contributed by atoms with Crippen molar-refractivity contribution < 1.29 is 9.53 Å². The fourth-order valence-corrected chi connectivity index (χ4v) is 2.96. The number of aryl methyl sites for hydroxylation is 2. The van der Waals surface area contributed by atoms with Crippen LogP contribution >= 0.6 is 11.8 Å². The van der Waals surface area contributed by atoms with E-state index in [1.54, 1.807) is 0 Å². The number of ether oxygens (including phenoxy) is 1. The first-order chi connectivity index (χ1) is 9.60. The zero-order valence-electron chi connectivity index (χ0n) is 12.0. The highest BCUT2D eigenvalue weighted by atomic mass is 32.2. The van der Waals surface area contributed by atoms with Crippen LogP contribution in [0.2, 0.25) is 0 Å². The van der Waals surface area contributed by atoms with Crippen LogP contribution in [0.15, 0.2) is 47.4 Å². The van der Waals surface area contributed by atoms with Gasteiger partial charge in [-0.2, -0.15) is 0 Å². The Morgan fingerprint density at radius 1 is 1.10 bits per heavy atom. The Morgan fingerprint density at radius 2 is 1.80 bits per heavy atom. The maximum absolute atomic E-state index is 11.4. The molecule has 3 heteroatoms. The zero-order valence-corrected chi connectivity index (χ0v) is 12.8. The van der Waals surface area contributed by atoms with Crippen LogP contribution in [0.1, 0.15) is 27.0 Å². The molecule has 0 N–H and O–H groups in total. The molecule has 2 rings (SSSR count). The summed E-state index contributed by atoms with van der Waals surface area (Å²) < 4.78 is 4.69. The predicted octanol–water partition coefficient (Wildman–Crippen LogP) is 4.38. The lowest BCUT2D eigenvalue weighted by Crippen LogP contribution is -2.00. The second-order valence-corrected chi connectivity index (χ2v) is 5.76. The summed E-state index contributed by atoms with van der Waals surface area (Å²) in [6, 6.07) is 14.1. The van der Waals surface area contributed by atoms with E-state index in [1.165, 1.54) is 28.7 Å². The summed E-state index contributed by atoms with van der Waals surface area (Å²) in [4.78, 5) is 12.7. The predicted molar refractivity (Wildman–Crippen MR) is 83.3 cm³/mol. The molecule has 0 fully saturated rings. The number of thioether (sulfide) groups is 1. The summed E-state index contributed by atoms with van der Waals surface area (Å²) in [5.74, 6) is 0.602. The highest BCUT2D eigenvalue weighted by Crippen LogP contribution is 2.27. The van der Waals surface area contributed by atoms with E-state index in [2.05, 4.69) is 32.0 Å². The topological polar surface area (TPSA) is 26.3 Å². The number of carbonyl (C=O) groups excluding carboxylic acids is 1. The Labute approximate surface area is 124 Å². The largest absolute Gasteiger partial charge is 0.465 e. The fourth-order valence-electron chi connectivity index (χ4n) is 1.88. The second-order valence-electron chi connectivity index (χ2n) is 4.75. The molecule has 0 aromatic heterocycles. The fraction of sp³-hybridized carbons (Fsp3) is 0.235. The van der Waals surface area contributed by atoms with Crippen LogP contribution < -0.4 is 0 Å². The van der Waals surface area contributed by atoms with Gasteiger partial charge in [-0.15, -0.1) is 11.8 Å². The van der Waals surface area contributed by atoms with Gasteiger partial charge in [-0.1, -0.05) is 29.8 Å². The standard InChI is InChI=1S/C17H18O2S/c1-12-4-5-13(2)16(10-12)20-11-14-6-8-15(9-7-14)17(18)19-3/h4-10H,11H2,1-3H3. The van der Waals surface area contributed by atoms with Crippen LogP contribution in [0, 0.1) is 13.8 Å². The molecule has 0 saturated heterocycles. The summed E-state index contributed by atoms with van der Waals surface area (Å²) in [6.07, 6.45) is 0. The van der Waals surface area contributed by atoms with Crippen molar-refractivity contribution in [3.63, 3.8) is 0 Å². The zero-order chi connectivity index (χ0) is 14.5. The lowest BCUT2D eigenvalue weighted by Gasteiger charge is -2.07. The first kappa shape index (κ1) is 14.7. The minimum atomic E-state index is -0.293. The van der Waals surface area contributed by atoms with Crippen molar-refractivity contribution in [3.05, 3.63) is 64.7 Å². The van der Waals surface area contributed by atoms with Gasteiger partial charge in [0.2, 0.25) is 0 Å². The van der Waals surface area contributed by atoms with Gasteiger partial charge in [-0.3, -0.25) is 0 Å². The maximum atomic E-state index is 11.4. The average Bonchev–Trinajstić information content (AvgIpc) is 2.48. The van der Waals surface area contributed by atoms with Crippen LogP contribution in [-0.2, 0) is 10.5 Å². The summed E-state index contributed by atoms with van der Waals surface area (Å²) >= 11 is 1.82. The van der Waals surface area contributed by atoms with Gasteiger partial charge in [0.15, 0.2) is 0 Å². The molecule has 0 aliphatic rings. The Bertz CT molecular complexity index is 603. The third-order valence-corrected chi connectivity index (χ3v) is 4.34. The quantitative estimate of drug-likeness (QED) is 0.616. The number of benzene rings is 2. The number of carbonyl (C=O) groups is 1. The van der Waals surface area contributed by atoms with Gasteiger partial charge in [0.1, 0.15) is 0 Å². The SMILES string of the molecule is COC(=O)c1ccc(CSc2cc(C)ccc2C)cc1. The van der Waals surface area contributed by atoms with Crippen LogP contribution in [0.5, 0.6) is 0 Å². The Morgan fingerprint density at radius 3 is 2.45 bits per heavy atom. The van der Waals surface area contributed by atoms with Crippen molar-refractivity contribution >= 4 is 17.7 Å². The highest BCUT2D eigenvalue weighted by molar-refractivity contribution is 7.98. The molecular formula is C17H18O2S. The highest BCUT2D eigenvalue weighted by Gasteiger charge is 2.05. The van der Waals surface area contributed by atoms with Crippen molar-refractivity contribution in [3.8, 4) is 0 Å². The number of esters is 1. The molecule has 0 aliphatic heterocycles. The van der Waals surface area contributed by atoms with Gasteiger partial charge in [-0.25, -0.2) is 4.79 Å². The van der Waals surface area contributed by atoms with Gasteiger partial charge >= 0.3 is 5.97 Å². The van der Waals surface area contributed by atoms with E-state index < -0.39 is 0 Å². The van der Waals surface area contributed by atoms with E-state index >= 15 is 0 Å². The molecule has 2 aromatic rings. The van der Waals surface area contributed by atoms with Crippen molar-refractivity contribution in [1.82, 2.24) is 0 Å². The van der Waals surface area contributed by atoms with Crippen LogP contribution in [-0.4, -0.2) is 13.1 Å². The van der Waals surface area contributed by atoms with Crippen LogP contribution in [0.3, 0.4) is 0 Å². The van der Waals surface area contributed by atoms with Crippen molar-refractivity contribution in [1.29, 1.82) is 0 Å². The molecule has 0 bridgehead atoms. The van der Waals surface area contributed by atoms with Crippen LogP contribution in [0.4, 0.5) is 0 Å². The third kappa shape index (κ3) is 3.64. The molecule has 0 aliphatic carbocycles. The van der Waals surface area contributed by atoms with E-state index in [0.717, 1.165) is 5.75 Å². The van der Waals surface area contributed by atoms with Crippen molar-refractivity contribution in [2.75, 3.05) is 7.11 Å². The lowest BCUT2D eigenvalue weighted by molar-refractivity contribution is 0.0600. The first-order valence-corrected chi connectivity index (χ1v) is 7.46. The minimum Gasteiger partial charge on any atom is -0.465 e. The monoisotopic (exact) mass is 286 g/mol. The number of hydrogen-bond donors (Lipinski definition) is 0. The molecule has 2 aromatic carbocycles. The van der Waals surface area contributed by atoms with Gasteiger partial charge in [0, 0.05) is 10.6 Å². The lowest BCUT2D eigenvalue weighted by atomic mass is 10.1. The van der Waals surface area contributed by atoms with Crippen molar-refractivity contribution in [2.24, 2.45) is 0 Å². The first-order valence-electron chi connectivity index (χ1n) is 6.47. The molecule has 0 atom stereocenters. The summed E-state index contributed by atoms with van der Waals surface area (Å²) in [5.41, 5.74) is 4.36. The maximum Gasteiger partial charge on any atom is 0.337 e. The van der Waals surface area contributed by atoms with Gasteiger partial charge in [0.05, 0.1) is 12.7 Å². The summed E-state index contributed by atoms with van der Waals surface area (Å²) in [6.45, 7) is 4.23. The Balaban J connectivity index is 2.04. The molecule has 0 amide bonds. The summed E-state index contributed by atoms with van der Waals surface area (Å²) in [7, 11) is 1.40. The van der Waals surface area contributed by atoms with E-state index in [9.17, 15) is 4.79 Å². The Kier molecular flexibility index (Phi) is 4.85. The van der Waals surface area contributed by atoms with Crippen molar-refractivity contribution in [2.45, 2.75) is 24.5 Å². The number of rotatable bonds is 4. The molecular weight excluding hydrogens is 268 g/mol. The molecule has 0 spiro atoms. The minimum absolute atomic E-state index is 0.293.